The SMILES string of the molecule is CSc1cc(C)c(C)cc1C(=O)CCN. The molecule has 0 heterocycles. The van der Waals surface area contributed by atoms with Crippen molar-refractivity contribution in [1.82, 2.24) is 0 Å². The number of benzene rings is 1. The number of ketones is 1. The molecular formula is C12H17NOS. The van der Waals surface area contributed by atoms with E-state index in [0.717, 1.165) is 16.0 Å². The molecular weight excluding hydrogens is 206 g/mol. The molecule has 0 amide bonds. The maximum absolute atomic E-state index is 11.8. The molecule has 1 rings (SSSR count). The Bertz CT molecular complexity index is 374. The van der Waals surface area contributed by atoms with Crippen molar-refractivity contribution in [3.8, 4) is 0 Å². The van der Waals surface area contributed by atoms with E-state index in [1.165, 1.54) is 5.56 Å². The monoisotopic (exact) mass is 223 g/mol. The van der Waals surface area contributed by atoms with Gasteiger partial charge in [0.25, 0.3) is 0 Å². The fraction of sp³-hybridized carbons (Fsp3) is 0.417. The lowest BCUT2D eigenvalue weighted by atomic mass is 10.0. The Labute approximate surface area is 95.2 Å². The first kappa shape index (κ1) is 12.3. The van der Waals surface area contributed by atoms with Crippen LogP contribution in [0.3, 0.4) is 0 Å². The second-order valence-corrected chi connectivity index (χ2v) is 4.45. The summed E-state index contributed by atoms with van der Waals surface area (Å²) in [4.78, 5) is 12.8. The van der Waals surface area contributed by atoms with E-state index in [1.807, 2.05) is 19.2 Å². The van der Waals surface area contributed by atoms with Gasteiger partial charge in [0.2, 0.25) is 0 Å². The van der Waals surface area contributed by atoms with Crippen LogP contribution >= 0.6 is 11.8 Å². The molecule has 0 spiro atoms. The second-order valence-electron chi connectivity index (χ2n) is 3.60. The molecule has 1 aromatic carbocycles. The van der Waals surface area contributed by atoms with Crippen molar-refractivity contribution in [2.75, 3.05) is 12.8 Å². The van der Waals surface area contributed by atoms with Gasteiger partial charge in [-0.2, -0.15) is 0 Å². The molecule has 0 aliphatic rings. The van der Waals surface area contributed by atoms with E-state index < -0.39 is 0 Å². The highest BCUT2D eigenvalue weighted by molar-refractivity contribution is 7.98. The van der Waals surface area contributed by atoms with Gasteiger partial charge in [0.1, 0.15) is 0 Å². The molecule has 3 heteroatoms. The summed E-state index contributed by atoms with van der Waals surface area (Å²) in [6.07, 6.45) is 2.42. The lowest BCUT2D eigenvalue weighted by Crippen LogP contribution is -2.09. The summed E-state index contributed by atoms with van der Waals surface area (Å²) < 4.78 is 0. The van der Waals surface area contributed by atoms with Crippen molar-refractivity contribution in [1.29, 1.82) is 0 Å². The molecule has 0 radical (unpaired) electrons. The van der Waals surface area contributed by atoms with Gasteiger partial charge in [-0.3, -0.25) is 4.79 Å². The Balaban J connectivity index is 3.15. The van der Waals surface area contributed by atoms with Crippen LogP contribution in [0.15, 0.2) is 17.0 Å². The van der Waals surface area contributed by atoms with E-state index in [2.05, 4.69) is 13.0 Å². The summed E-state index contributed by atoms with van der Waals surface area (Å²) in [5, 5.41) is 0. The quantitative estimate of drug-likeness (QED) is 0.630. The second kappa shape index (κ2) is 5.33. The van der Waals surface area contributed by atoms with Gasteiger partial charge in [0, 0.05) is 16.9 Å². The third-order valence-electron chi connectivity index (χ3n) is 2.49. The van der Waals surface area contributed by atoms with Crippen LogP contribution in [-0.4, -0.2) is 18.6 Å². The van der Waals surface area contributed by atoms with Crippen molar-refractivity contribution in [2.24, 2.45) is 5.73 Å². The number of Topliss-reactive ketones (excluding diaryl/α,β-unsaturated/α-hetero) is 1. The van der Waals surface area contributed by atoms with E-state index in [0.29, 0.717) is 13.0 Å². The number of rotatable bonds is 4. The van der Waals surface area contributed by atoms with Crippen molar-refractivity contribution < 1.29 is 4.79 Å². The van der Waals surface area contributed by atoms with Crippen LogP contribution in [0.2, 0.25) is 0 Å². The molecule has 0 aliphatic carbocycles. The molecule has 2 nitrogen and oxygen atoms in total. The standard InChI is InChI=1S/C12H17NOS/c1-8-6-10(11(14)4-5-13)12(15-3)7-9(8)2/h6-7H,4-5,13H2,1-3H3. The highest BCUT2D eigenvalue weighted by Gasteiger charge is 2.11. The van der Waals surface area contributed by atoms with Gasteiger partial charge in [-0.15, -0.1) is 11.8 Å². The Morgan fingerprint density at radius 3 is 2.47 bits per heavy atom. The number of thioether (sulfide) groups is 1. The Morgan fingerprint density at radius 2 is 1.93 bits per heavy atom. The van der Waals surface area contributed by atoms with Gasteiger partial charge >= 0.3 is 0 Å². The van der Waals surface area contributed by atoms with Crippen LogP contribution in [0, 0.1) is 13.8 Å². The van der Waals surface area contributed by atoms with Crippen LogP contribution in [0.4, 0.5) is 0 Å². The van der Waals surface area contributed by atoms with Crippen LogP contribution in [0.5, 0.6) is 0 Å². The summed E-state index contributed by atoms with van der Waals surface area (Å²) in [6.45, 7) is 4.50. The van der Waals surface area contributed by atoms with Crippen molar-refractivity contribution in [3.63, 3.8) is 0 Å². The van der Waals surface area contributed by atoms with E-state index >= 15 is 0 Å². The largest absolute Gasteiger partial charge is 0.330 e. The first-order chi connectivity index (χ1) is 7.10. The van der Waals surface area contributed by atoms with Gasteiger partial charge in [0.05, 0.1) is 0 Å². The van der Waals surface area contributed by atoms with Gasteiger partial charge < -0.3 is 5.73 Å². The van der Waals surface area contributed by atoms with Crippen LogP contribution < -0.4 is 5.73 Å². The Morgan fingerprint density at radius 1 is 1.33 bits per heavy atom. The summed E-state index contributed by atoms with van der Waals surface area (Å²) >= 11 is 1.61. The molecule has 15 heavy (non-hydrogen) atoms. The van der Waals surface area contributed by atoms with E-state index in [1.54, 1.807) is 11.8 Å². The molecule has 0 atom stereocenters. The smallest absolute Gasteiger partial charge is 0.165 e. The zero-order valence-electron chi connectivity index (χ0n) is 9.46. The summed E-state index contributed by atoms with van der Waals surface area (Å²) in [5.41, 5.74) is 8.60. The Kier molecular flexibility index (Phi) is 4.36. The topological polar surface area (TPSA) is 43.1 Å². The molecule has 0 fully saturated rings. The van der Waals surface area contributed by atoms with Crippen LogP contribution in [-0.2, 0) is 0 Å². The number of hydrogen-bond acceptors (Lipinski definition) is 3. The Hall–Kier alpha value is -0.800. The first-order valence-electron chi connectivity index (χ1n) is 4.98. The van der Waals surface area contributed by atoms with Crippen molar-refractivity contribution >= 4 is 17.5 Å². The highest BCUT2D eigenvalue weighted by Crippen LogP contribution is 2.25. The fourth-order valence-corrected chi connectivity index (χ4v) is 2.13. The van der Waals surface area contributed by atoms with E-state index in [-0.39, 0.29) is 5.78 Å². The number of carbonyl (C=O) groups excluding carboxylic acids is 1. The minimum absolute atomic E-state index is 0.143. The molecule has 0 bridgehead atoms. The highest BCUT2D eigenvalue weighted by atomic mass is 32.2. The third-order valence-corrected chi connectivity index (χ3v) is 3.27. The van der Waals surface area contributed by atoms with Crippen molar-refractivity contribution in [3.05, 3.63) is 28.8 Å². The fourth-order valence-electron chi connectivity index (χ4n) is 1.44. The predicted molar refractivity (Wildman–Crippen MR) is 65.7 cm³/mol. The zero-order chi connectivity index (χ0) is 11.4. The lowest BCUT2D eigenvalue weighted by Gasteiger charge is -2.09. The molecule has 0 aliphatic heterocycles. The molecule has 0 saturated carbocycles. The minimum Gasteiger partial charge on any atom is -0.330 e. The number of aryl methyl sites for hydroxylation is 2. The van der Waals surface area contributed by atoms with Gasteiger partial charge in [-0.25, -0.2) is 0 Å². The maximum atomic E-state index is 11.8. The average molecular weight is 223 g/mol. The van der Waals surface area contributed by atoms with E-state index in [4.69, 9.17) is 5.73 Å². The molecule has 0 saturated heterocycles. The van der Waals surface area contributed by atoms with E-state index in [9.17, 15) is 4.79 Å². The lowest BCUT2D eigenvalue weighted by molar-refractivity contribution is 0.0982. The first-order valence-corrected chi connectivity index (χ1v) is 6.21. The van der Waals surface area contributed by atoms with Crippen LogP contribution in [0.1, 0.15) is 27.9 Å². The number of nitrogens with two attached hydrogens (primary N) is 1. The number of carbonyl (C=O) groups is 1. The van der Waals surface area contributed by atoms with Crippen LogP contribution in [0.25, 0.3) is 0 Å². The summed E-state index contributed by atoms with van der Waals surface area (Å²) in [6, 6.07) is 4.04. The third kappa shape index (κ3) is 2.83. The normalized spacial score (nSPS) is 10.4. The summed E-state index contributed by atoms with van der Waals surface area (Å²) in [5.74, 6) is 0.143. The van der Waals surface area contributed by atoms with Crippen molar-refractivity contribution in [2.45, 2.75) is 25.2 Å². The maximum Gasteiger partial charge on any atom is 0.165 e. The van der Waals surface area contributed by atoms with Gasteiger partial charge in [-0.05, 0) is 49.9 Å². The summed E-state index contributed by atoms with van der Waals surface area (Å²) in [7, 11) is 0. The minimum atomic E-state index is 0.143. The molecule has 0 unspecified atom stereocenters. The number of hydrogen-bond donors (Lipinski definition) is 1. The zero-order valence-corrected chi connectivity index (χ0v) is 10.3. The van der Waals surface area contributed by atoms with Gasteiger partial charge in [0.15, 0.2) is 5.78 Å². The molecule has 1 aromatic rings. The average Bonchev–Trinajstić information content (AvgIpc) is 2.21. The van der Waals surface area contributed by atoms with Gasteiger partial charge in [-0.1, -0.05) is 0 Å². The molecule has 2 N–H and O–H groups in total. The molecule has 82 valence electrons. The molecule has 0 aromatic heterocycles. The predicted octanol–water partition coefficient (Wildman–Crippen LogP) is 2.56.